The van der Waals surface area contributed by atoms with E-state index in [0.29, 0.717) is 0 Å². The molecule has 0 bridgehead atoms. The van der Waals surface area contributed by atoms with Crippen LogP contribution in [0.1, 0.15) is 36.0 Å². The zero-order valence-electron chi connectivity index (χ0n) is 13.6. The normalized spacial score (nSPS) is 12.0. The lowest BCUT2D eigenvalue weighted by Gasteiger charge is -2.11. The number of methoxy groups -OCH3 is 1. The third-order valence-corrected chi connectivity index (χ3v) is 3.57. The molecule has 2 aromatic rings. The molecule has 0 unspecified atom stereocenters. The number of aromatic nitrogens is 2. The van der Waals surface area contributed by atoms with Gasteiger partial charge in [0.25, 0.3) is 0 Å². The molecule has 0 aliphatic heterocycles. The third-order valence-electron chi connectivity index (χ3n) is 3.57. The van der Waals surface area contributed by atoms with Crippen molar-refractivity contribution in [1.29, 1.82) is 0 Å². The van der Waals surface area contributed by atoms with Gasteiger partial charge in [-0.2, -0.15) is 0 Å². The van der Waals surface area contributed by atoms with Gasteiger partial charge in [-0.05, 0) is 70.0 Å². The monoisotopic (exact) mass is 284 g/mol. The summed E-state index contributed by atoms with van der Waals surface area (Å²) in [5.41, 5.74) is 5.92. The topological polar surface area (TPSA) is 27.1 Å². The molecule has 0 aliphatic rings. The Kier molecular flexibility index (Phi) is 4.97. The summed E-state index contributed by atoms with van der Waals surface area (Å²) < 4.78 is 7.31. The Labute approximate surface area is 127 Å². The molecule has 0 aliphatic carbocycles. The van der Waals surface area contributed by atoms with Gasteiger partial charge >= 0.3 is 0 Å². The van der Waals surface area contributed by atoms with Gasteiger partial charge in [0, 0.05) is 25.1 Å². The Morgan fingerprint density at radius 1 is 1.19 bits per heavy atom. The van der Waals surface area contributed by atoms with Gasteiger partial charge in [-0.1, -0.05) is 5.57 Å². The van der Waals surface area contributed by atoms with Crippen molar-refractivity contribution in [2.75, 3.05) is 13.7 Å². The van der Waals surface area contributed by atoms with Crippen molar-refractivity contribution in [3.63, 3.8) is 0 Å². The molecule has 0 spiro atoms. The first-order chi connectivity index (χ1) is 10.0. The number of hydrogen-bond donors (Lipinski definition) is 0. The van der Waals surface area contributed by atoms with Gasteiger partial charge in [-0.25, -0.2) is 4.98 Å². The minimum absolute atomic E-state index is 0.747. The van der Waals surface area contributed by atoms with Crippen molar-refractivity contribution in [3.8, 4) is 5.82 Å². The SMILES string of the molecule is COCC/C(C)=C/c1cc(C)cc(-n2c(C)ccc2C)n1. The maximum Gasteiger partial charge on any atom is 0.137 e. The van der Waals surface area contributed by atoms with Crippen LogP contribution in [0.2, 0.25) is 0 Å². The first-order valence-corrected chi connectivity index (χ1v) is 7.31. The van der Waals surface area contributed by atoms with Crippen LogP contribution in [0.25, 0.3) is 11.9 Å². The molecule has 0 N–H and O–H groups in total. The Hall–Kier alpha value is -1.87. The quantitative estimate of drug-likeness (QED) is 0.821. The van der Waals surface area contributed by atoms with Crippen molar-refractivity contribution in [2.24, 2.45) is 0 Å². The summed E-state index contributed by atoms with van der Waals surface area (Å²) in [6.07, 6.45) is 3.08. The van der Waals surface area contributed by atoms with E-state index >= 15 is 0 Å². The molecule has 112 valence electrons. The minimum Gasteiger partial charge on any atom is -0.384 e. The van der Waals surface area contributed by atoms with E-state index in [4.69, 9.17) is 9.72 Å². The van der Waals surface area contributed by atoms with Crippen LogP contribution in [0, 0.1) is 20.8 Å². The molecule has 0 saturated heterocycles. The lowest BCUT2D eigenvalue weighted by atomic mass is 10.1. The number of nitrogens with zero attached hydrogens (tertiary/aromatic N) is 2. The molecule has 0 atom stereocenters. The van der Waals surface area contributed by atoms with E-state index in [0.717, 1.165) is 24.5 Å². The highest BCUT2D eigenvalue weighted by Crippen LogP contribution is 2.18. The Bertz CT molecular complexity index is 634. The fourth-order valence-corrected chi connectivity index (χ4v) is 2.48. The largest absolute Gasteiger partial charge is 0.384 e. The third kappa shape index (κ3) is 3.82. The number of pyridine rings is 1. The maximum atomic E-state index is 5.12. The van der Waals surface area contributed by atoms with Gasteiger partial charge in [-0.3, -0.25) is 0 Å². The molecule has 0 saturated carbocycles. The van der Waals surface area contributed by atoms with E-state index < -0.39 is 0 Å². The van der Waals surface area contributed by atoms with Crippen LogP contribution >= 0.6 is 0 Å². The summed E-state index contributed by atoms with van der Waals surface area (Å²) in [5, 5.41) is 0. The number of hydrogen-bond acceptors (Lipinski definition) is 2. The number of ether oxygens (including phenoxy) is 1. The summed E-state index contributed by atoms with van der Waals surface area (Å²) in [7, 11) is 1.73. The van der Waals surface area contributed by atoms with E-state index in [2.05, 4.69) is 62.6 Å². The van der Waals surface area contributed by atoms with Crippen molar-refractivity contribution in [3.05, 3.63) is 52.5 Å². The Morgan fingerprint density at radius 2 is 1.86 bits per heavy atom. The van der Waals surface area contributed by atoms with Gasteiger partial charge in [-0.15, -0.1) is 0 Å². The lowest BCUT2D eigenvalue weighted by Crippen LogP contribution is -2.03. The molecule has 0 radical (unpaired) electrons. The molecule has 3 nitrogen and oxygen atoms in total. The predicted molar refractivity (Wildman–Crippen MR) is 87.9 cm³/mol. The van der Waals surface area contributed by atoms with E-state index in [-0.39, 0.29) is 0 Å². The first-order valence-electron chi connectivity index (χ1n) is 7.31. The fraction of sp³-hybridized carbons (Fsp3) is 0.389. The second-order valence-corrected chi connectivity index (χ2v) is 5.61. The Balaban J connectivity index is 2.38. The molecule has 2 aromatic heterocycles. The molecule has 0 aromatic carbocycles. The molecule has 3 heteroatoms. The summed E-state index contributed by atoms with van der Waals surface area (Å²) >= 11 is 0. The second-order valence-electron chi connectivity index (χ2n) is 5.61. The minimum atomic E-state index is 0.747. The lowest BCUT2D eigenvalue weighted by molar-refractivity contribution is 0.202. The smallest absolute Gasteiger partial charge is 0.137 e. The van der Waals surface area contributed by atoms with E-state index in [1.165, 1.54) is 22.5 Å². The highest BCUT2D eigenvalue weighted by atomic mass is 16.5. The average molecular weight is 284 g/mol. The van der Waals surface area contributed by atoms with E-state index in [1.807, 2.05) is 0 Å². The standard InChI is InChI=1S/C18H24N2O/c1-13(8-9-21-5)10-17-11-14(2)12-18(19-17)20-15(3)6-7-16(20)4/h6-7,10-12H,8-9H2,1-5H3/b13-10+. The fourth-order valence-electron chi connectivity index (χ4n) is 2.48. The molecule has 0 amide bonds. The predicted octanol–water partition coefficient (Wildman–Crippen LogP) is 4.24. The van der Waals surface area contributed by atoms with E-state index in [1.54, 1.807) is 7.11 Å². The zero-order valence-corrected chi connectivity index (χ0v) is 13.6. The van der Waals surface area contributed by atoms with Crippen molar-refractivity contribution >= 4 is 6.08 Å². The maximum absolute atomic E-state index is 5.12. The first kappa shape index (κ1) is 15.5. The van der Waals surface area contributed by atoms with Crippen molar-refractivity contribution in [1.82, 2.24) is 9.55 Å². The van der Waals surface area contributed by atoms with Gasteiger partial charge in [0.15, 0.2) is 0 Å². The molecule has 0 fully saturated rings. The van der Waals surface area contributed by atoms with Gasteiger partial charge < -0.3 is 9.30 Å². The highest BCUT2D eigenvalue weighted by Gasteiger charge is 2.07. The molecule has 2 rings (SSSR count). The van der Waals surface area contributed by atoms with Crippen LogP contribution in [0.15, 0.2) is 29.8 Å². The van der Waals surface area contributed by atoms with E-state index in [9.17, 15) is 0 Å². The van der Waals surface area contributed by atoms with Crippen LogP contribution in [0.5, 0.6) is 0 Å². The number of rotatable bonds is 5. The number of aryl methyl sites for hydroxylation is 3. The zero-order chi connectivity index (χ0) is 15.4. The summed E-state index contributed by atoms with van der Waals surface area (Å²) in [4.78, 5) is 4.79. The van der Waals surface area contributed by atoms with Crippen LogP contribution in [0.4, 0.5) is 0 Å². The van der Waals surface area contributed by atoms with Crippen molar-refractivity contribution < 1.29 is 4.74 Å². The van der Waals surface area contributed by atoms with Gasteiger partial charge in [0.2, 0.25) is 0 Å². The average Bonchev–Trinajstić information content (AvgIpc) is 2.75. The van der Waals surface area contributed by atoms with Gasteiger partial charge in [0.1, 0.15) is 5.82 Å². The summed E-state index contributed by atoms with van der Waals surface area (Å²) in [5.74, 6) is 0.987. The van der Waals surface area contributed by atoms with Crippen LogP contribution in [-0.2, 0) is 4.74 Å². The molecule has 2 heterocycles. The molecular weight excluding hydrogens is 260 g/mol. The Morgan fingerprint density at radius 3 is 2.48 bits per heavy atom. The molecular formula is C18H24N2O. The highest BCUT2D eigenvalue weighted by molar-refractivity contribution is 5.51. The van der Waals surface area contributed by atoms with Crippen LogP contribution in [0.3, 0.4) is 0 Å². The summed E-state index contributed by atoms with van der Waals surface area (Å²) in [6.45, 7) is 9.19. The summed E-state index contributed by atoms with van der Waals surface area (Å²) in [6, 6.07) is 8.49. The van der Waals surface area contributed by atoms with Crippen LogP contribution < -0.4 is 0 Å². The second kappa shape index (κ2) is 6.72. The van der Waals surface area contributed by atoms with Crippen molar-refractivity contribution in [2.45, 2.75) is 34.1 Å². The molecule has 21 heavy (non-hydrogen) atoms. The van der Waals surface area contributed by atoms with Crippen LogP contribution in [-0.4, -0.2) is 23.3 Å². The van der Waals surface area contributed by atoms with Gasteiger partial charge in [0.05, 0.1) is 5.69 Å².